The van der Waals surface area contributed by atoms with Gasteiger partial charge >= 0.3 is 0 Å². The van der Waals surface area contributed by atoms with Crippen LogP contribution in [0.25, 0.3) is 0 Å². The Morgan fingerprint density at radius 1 is 1.39 bits per heavy atom. The summed E-state index contributed by atoms with van der Waals surface area (Å²) >= 11 is 3.42. The van der Waals surface area contributed by atoms with Gasteiger partial charge in [0.1, 0.15) is 0 Å². The van der Waals surface area contributed by atoms with Crippen molar-refractivity contribution < 1.29 is 14.0 Å². The molecule has 18 heavy (non-hydrogen) atoms. The predicted molar refractivity (Wildman–Crippen MR) is 65.3 cm³/mol. The lowest BCUT2D eigenvalue weighted by Gasteiger charge is -2.09. The van der Waals surface area contributed by atoms with Crippen LogP contribution in [-0.4, -0.2) is 16.9 Å². The van der Waals surface area contributed by atoms with Crippen LogP contribution in [0.1, 0.15) is 23.3 Å². The fourth-order valence-corrected chi connectivity index (χ4v) is 2.33. The molecule has 0 aliphatic carbocycles. The van der Waals surface area contributed by atoms with Gasteiger partial charge in [-0.25, -0.2) is 0 Å². The Morgan fingerprint density at radius 2 is 2.22 bits per heavy atom. The van der Waals surface area contributed by atoms with Crippen LogP contribution in [0.15, 0.2) is 21.1 Å². The van der Waals surface area contributed by atoms with E-state index in [4.69, 9.17) is 19.7 Å². The van der Waals surface area contributed by atoms with Crippen LogP contribution in [0.2, 0.25) is 0 Å². The second-order valence-electron chi connectivity index (χ2n) is 3.89. The van der Waals surface area contributed by atoms with Gasteiger partial charge in [-0.15, -0.1) is 0 Å². The van der Waals surface area contributed by atoms with Gasteiger partial charge in [-0.2, -0.15) is 4.98 Å². The first kappa shape index (κ1) is 11.5. The van der Waals surface area contributed by atoms with Crippen LogP contribution in [0, 0.1) is 6.92 Å². The van der Waals surface area contributed by atoms with Gasteiger partial charge in [-0.3, -0.25) is 0 Å². The van der Waals surface area contributed by atoms with Crippen LogP contribution in [-0.2, 0) is 0 Å². The molecule has 1 aliphatic rings. The molecule has 2 N–H and O–H groups in total. The molecule has 0 radical (unpaired) electrons. The molecule has 1 aromatic carbocycles. The Kier molecular flexibility index (Phi) is 2.71. The van der Waals surface area contributed by atoms with E-state index in [1.165, 1.54) is 0 Å². The van der Waals surface area contributed by atoms with Gasteiger partial charge in [0.15, 0.2) is 17.3 Å². The van der Waals surface area contributed by atoms with Crippen molar-refractivity contribution in [3.8, 4) is 11.5 Å². The minimum atomic E-state index is -0.465. The first-order valence-corrected chi connectivity index (χ1v) is 6.09. The first-order valence-electron chi connectivity index (χ1n) is 5.30. The zero-order valence-electron chi connectivity index (χ0n) is 9.51. The van der Waals surface area contributed by atoms with E-state index in [0.717, 1.165) is 10.0 Å². The molecule has 0 fully saturated rings. The molecule has 3 rings (SSSR count). The van der Waals surface area contributed by atoms with Crippen molar-refractivity contribution in [2.24, 2.45) is 5.73 Å². The molecular weight excluding hydrogens is 302 g/mol. The summed E-state index contributed by atoms with van der Waals surface area (Å²) in [6.07, 6.45) is 0. The maximum atomic E-state index is 6.09. The van der Waals surface area contributed by atoms with Crippen LogP contribution in [0.3, 0.4) is 0 Å². The van der Waals surface area contributed by atoms with Crippen molar-refractivity contribution in [2.75, 3.05) is 6.79 Å². The average Bonchev–Trinajstić information content (AvgIpc) is 2.96. The van der Waals surface area contributed by atoms with Gasteiger partial charge in [0.05, 0.1) is 10.5 Å². The molecule has 0 saturated heterocycles. The smallest absolute Gasteiger partial charge is 0.231 e. The summed E-state index contributed by atoms with van der Waals surface area (Å²) in [7, 11) is 0. The third kappa shape index (κ3) is 1.85. The molecule has 7 heteroatoms. The summed E-state index contributed by atoms with van der Waals surface area (Å²) in [5.41, 5.74) is 6.92. The summed E-state index contributed by atoms with van der Waals surface area (Å²) in [6.45, 7) is 1.94. The number of rotatable bonds is 2. The highest BCUT2D eigenvalue weighted by Gasteiger charge is 2.22. The maximum Gasteiger partial charge on any atom is 0.231 e. The van der Waals surface area contributed by atoms with E-state index in [1.807, 2.05) is 12.1 Å². The van der Waals surface area contributed by atoms with E-state index in [9.17, 15) is 0 Å². The number of hydrogen-bond acceptors (Lipinski definition) is 6. The Morgan fingerprint density at radius 3 is 2.94 bits per heavy atom. The van der Waals surface area contributed by atoms with E-state index in [0.29, 0.717) is 23.2 Å². The number of hydrogen-bond donors (Lipinski definition) is 1. The van der Waals surface area contributed by atoms with E-state index in [2.05, 4.69) is 26.1 Å². The fourth-order valence-electron chi connectivity index (χ4n) is 1.76. The zero-order chi connectivity index (χ0) is 12.7. The standard InChI is InChI=1S/C11H10BrN3O3/c1-5-14-11(15-18-5)9(13)6-2-7(12)10-8(3-6)16-4-17-10/h2-3,9H,4,13H2,1H3. The second kappa shape index (κ2) is 4.25. The Labute approximate surface area is 111 Å². The quantitative estimate of drug-likeness (QED) is 0.912. The SMILES string of the molecule is Cc1nc(C(N)c2cc(Br)c3c(c2)OCO3)no1. The highest BCUT2D eigenvalue weighted by Crippen LogP contribution is 2.41. The molecule has 1 aromatic heterocycles. The van der Waals surface area contributed by atoms with Crippen molar-refractivity contribution in [3.05, 3.63) is 33.9 Å². The van der Waals surface area contributed by atoms with Gasteiger partial charge in [0.2, 0.25) is 12.7 Å². The Hall–Kier alpha value is -1.60. The zero-order valence-corrected chi connectivity index (χ0v) is 11.1. The molecular formula is C11H10BrN3O3. The number of aryl methyl sites for hydroxylation is 1. The van der Waals surface area contributed by atoms with Crippen molar-refractivity contribution in [1.29, 1.82) is 0 Å². The highest BCUT2D eigenvalue weighted by molar-refractivity contribution is 9.10. The molecule has 94 valence electrons. The highest BCUT2D eigenvalue weighted by atomic mass is 79.9. The third-order valence-electron chi connectivity index (χ3n) is 2.63. The number of ether oxygens (including phenoxy) is 2. The van der Waals surface area contributed by atoms with E-state index < -0.39 is 6.04 Å². The summed E-state index contributed by atoms with van der Waals surface area (Å²) in [6, 6.07) is 3.22. The topological polar surface area (TPSA) is 83.4 Å². The Bertz CT molecular complexity index is 599. The number of fused-ring (bicyclic) bond motifs is 1. The lowest BCUT2D eigenvalue weighted by molar-refractivity contribution is 0.173. The normalized spacial score (nSPS) is 14.8. The summed E-state index contributed by atoms with van der Waals surface area (Å²) in [5, 5.41) is 3.82. The molecule has 0 bridgehead atoms. The number of benzene rings is 1. The van der Waals surface area contributed by atoms with Crippen LogP contribution < -0.4 is 15.2 Å². The van der Waals surface area contributed by atoms with Gasteiger partial charge in [-0.05, 0) is 33.6 Å². The second-order valence-corrected chi connectivity index (χ2v) is 4.74. The number of aromatic nitrogens is 2. The van der Waals surface area contributed by atoms with Crippen LogP contribution in [0.5, 0.6) is 11.5 Å². The van der Waals surface area contributed by atoms with Gasteiger partial charge < -0.3 is 19.7 Å². The van der Waals surface area contributed by atoms with Gasteiger partial charge in [-0.1, -0.05) is 5.16 Å². The Balaban J connectivity index is 2.00. The number of nitrogens with two attached hydrogens (primary N) is 1. The molecule has 1 unspecified atom stereocenters. The monoisotopic (exact) mass is 311 g/mol. The predicted octanol–water partition coefficient (Wildman–Crippen LogP) is 1.92. The number of nitrogens with zero attached hydrogens (tertiary/aromatic N) is 2. The van der Waals surface area contributed by atoms with Gasteiger partial charge in [0, 0.05) is 6.92 Å². The van der Waals surface area contributed by atoms with Crippen molar-refractivity contribution in [3.63, 3.8) is 0 Å². The lowest BCUT2D eigenvalue weighted by Crippen LogP contribution is -2.13. The molecule has 2 heterocycles. The molecule has 0 saturated carbocycles. The fraction of sp³-hybridized carbons (Fsp3) is 0.273. The summed E-state index contributed by atoms with van der Waals surface area (Å²) in [5.74, 6) is 2.28. The van der Waals surface area contributed by atoms with Crippen molar-refractivity contribution in [1.82, 2.24) is 10.1 Å². The number of halogens is 1. The average molecular weight is 312 g/mol. The van der Waals surface area contributed by atoms with Crippen molar-refractivity contribution >= 4 is 15.9 Å². The molecule has 0 spiro atoms. The maximum absolute atomic E-state index is 6.09. The van der Waals surface area contributed by atoms with E-state index in [-0.39, 0.29) is 6.79 Å². The molecule has 0 amide bonds. The first-order chi connectivity index (χ1) is 8.65. The minimum Gasteiger partial charge on any atom is -0.454 e. The molecule has 2 aromatic rings. The van der Waals surface area contributed by atoms with Crippen molar-refractivity contribution in [2.45, 2.75) is 13.0 Å². The summed E-state index contributed by atoms with van der Waals surface area (Å²) < 4.78 is 16.4. The summed E-state index contributed by atoms with van der Waals surface area (Å²) in [4.78, 5) is 4.12. The van der Waals surface area contributed by atoms with Crippen LogP contribution >= 0.6 is 15.9 Å². The minimum absolute atomic E-state index is 0.216. The largest absolute Gasteiger partial charge is 0.454 e. The van der Waals surface area contributed by atoms with E-state index in [1.54, 1.807) is 6.92 Å². The van der Waals surface area contributed by atoms with E-state index >= 15 is 0 Å². The van der Waals surface area contributed by atoms with Gasteiger partial charge in [0.25, 0.3) is 0 Å². The lowest BCUT2D eigenvalue weighted by atomic mass is 10.1. The van der Waals surface area contributed by atoms with Crippen LogP contribution in [0.4, 0.5) is 0 Å². The third-order valence-corrected chi connectivity index (χ3v) is 3.22. The molecule has 1 aliphatic heterocycles. The molecule has 1 atom stereocenters. The molecule has 6 nitrogen and oxygen atoms in total.